The van der Waals surface area contributed by atoms with Crippen LogP contribution >= 0.6 is 0 Å². The van der Waals surface area contributed by atoms with Crippen molar-refractivity contribution in [1.82, 2.24) is 9.78 Å². The lowest BCUT2D eigenvalue weighted by molar-refractivity contribution is 0.347. The summed E-state index contributed by atoms with van der Waals surface area (Å²) in [6.07, 6.45) is 5.81. The molecular formula is C14H23N3O. The van der Waals surface area contributed by atoms with Gasteiger partial charge in [0.05, 0.1) is 25.0 Å². The van der Waals surface area contributed by atoms with E-state index < -0.39 is 0 Å². The molecule has 2 saturated carbocycles. The number of hydrogen-bond acceptors (Lipinski definition) is 3. The molecule has 0 spiro atoms. The van der Waals surface area contributed by atoms with E-state index in [-0.39, 0.29) is 6.04 Å². The van der Waals surface area contributed by atoms with Crippen LogP contribution < -0.4 is 10.5 Å². The lowest BCUT2D eigenvalue weighted by Crippen LogP contribution is -2.25. The fourth-order valence-electron chi connectivity index (χ4n) is 3.52. The minimum Gasteiger partial charge on any atom is -0.493 e. The molecule has 2 N–H and O–H groups in total. The van der Waals surface area contributed by atoms with Crippen LogP contribution in [0.15, 0.2) is 6.20 Å². The van der Waals surface area contributed by atoms with E-state index in [9.17, 15) is 0 Å². The van der Waals surface area contributed by atoms with Crippen LogP contribution in [0.25, 0.3) is 0 Å². The van der Waals surface area contributed by atoms with Gasteiger partial charge in [-0.05, 0) is 50.9 Å². The highest BCUT2D eigenvalue weighted by Gasteiger charge is 2.48. The van der Waals surface area contributed by atoms with E-state index in [0.29, 0.717) is 12.0 Å². The summed E-state index contributed by atoms with van der Waals surface area (Å²) < 4.78 is 7.45. The Morgan fingerprint density at radius 1 is 1.33 bits per heavy atom. The molecule has 0 amide bonds. The Morgan fingerprint density at radius 3 is 2.56 bits per heavy atom. The van der Waals surface area contributed by atoms with Crippen LogP contribution in [0, 0.1) is 17.8 Å². The standard InChI is InChI=1S/C14H23N3O/c1-8(2)17-14(12(18-3)7-16-17)13(15)11-5-9-4-10(9)6-11/h7-11,13H,4-6,15H2,1-3H3. The number of rotatable bonds is 4. The molecule has 2 aliphatic carbocycles. The molecule has 0 radical (unpaired) electrons. The SMILES string of the molecule is COc1cnn(C(C)C)c1C(N)C1CC2CC2C1. The summed E-state index contributed by atoms with van der Waals surface area (Å²) in [6.45, 7) is 4.27. The van der Waals surface area contributed by atoms with Crippen LogP contribution in [0.1, 0.15) is 50.9 Å². The lowest BCUT2D eigenvalue weighted by Gasteiger charge is -2.24. The molecule has 4 nitrogen and oxygen atoms in total. The molecule has 3 atom stereocenters. The van der Waals surface area contributed by atoms with Crippen LogP contribution in [-0.2, 0) is 0 Å². The molecule has 3 unspecified atom stereocenters. The third kappa shape index (κ3) is 1.83. The molecule has 18 heavy (non-hydrogen) atoms. The summed E-state index contributed by atoms with van der Waals surface area (Å²) >= 11 is 0. The molecule has 1 aromatic rings. The van der Waals surface area contributed by atoms with Crippen molar-refractivity contribution >= 4 is 0 Å². The second kappa shape index (κ2) is 4.26. The van der Waals surface area contributed by atoms with Gasteiger partial charge in [-0.2, -0.15) is 5.10 Å². The summed E-state index contributed by atoms with van der Waals surface area (Å²) in [6, 6.07) is 0.392. The Morgan fingerprint density at radius 2 is 2.00 bits per heavy atom. The zero-order chi connectivity index (χ0) is 12.9. The minimum absolute atomic E-state index is 0.0673. The number of nitrogens with two attached hydrogens (primary N) is 1. The molecule has 0 aliphatic heterocycles. The van der Waals surface area contributed by atoms with E-state index in [0.717, 1.165) is 23.3 Å². The van der Waals surface area contributed by atoms with Crippen LogP contribution in [0.2, 0.25) is 0 Å². The number of ether oxygens (including phenoxy) is 1. The molecule has 3 rings (SSSR count). The van der Waals surface area contributed by atoms with Crippen LogP contribution in [0.4, 0.5) is 0 Å². The van der Waals surface area contributed by atoms with E-state index in [1.54, 1.807) is 13.3 Å². The Kier molecular flexibility index (Phi) is 2.85. The highest BCUT2D eigenvalue weighted by Crippen LogP contribution is 2.57. The van der Waals surface area contributed by atoms with Gasteiger partial charge in [-0.25, -0.2) is 0 Å². The van der Waals surface area contributed by atoms with Crippen molar-refractivity contribution in [2.75, 3.05) is 7.11 Å². The van der Waals surface area contributed by atoms with Crippen molar-refractivity contribution in [2.24, 2.45) is 23.5 Å². The molecule has 0 saturated heterocycles. The first-order valence-electron chi connectivity index (χ1n) is 6.98. The third-order valence-electron chi connectivity index (χ3n) is 4.61. The highest BCUT2D eigenvalue weighted by atomic mass is 16.5. The van der Waals surface area contributed by atoms with Crippen molar-refractivity contribution in [3.8, 4) is 5.75 Å². The Bertz CT molecular complexity index is 430. The average Bonchev–Trinajstić information content (AvgIpc) is 2.81. The van der Waals surface area contributed by atoms with E-state index in [1.807, 2.05) is 4.68 Å². The zero-order valence-electron chi connectivity index (χ0n) is 11.5. The van der Waals surface area contributed by atoms with Gasteiger partial charge < -0.3 is 10.5 Å². The number of aromatic nitrogens is 2. The molecule has 100 valence electrons. The van der Waals surface area contributed by atoms with Crippen molar-refractivity contribution in [2.45, 2.75) is 45.2 Å². The molecule has 2 aliphatic rings. The van der Waals surface area contributed by atoms with E-state index in [1.165, 1.54) is 19.3 Å². The van der Waals surface area contributed by atoms with Gasteiger partial charge in [-0.1, -0.05) is 0 Å². The molecule has 4 heteroatoms. The lowest BCUT2D eigenvalue weighted by atomic mass is 9.92. The zero-order valence-corrected chi connectivity index (χ0v) is 11.5. The molecule has 0 aromatic carbocycles. The van der Waals surface area contributed by atoms with Crippen LogP contribution in [0.5, 0.6) is 5.75 Å². The second-order valence-electron chi connectivity index (χ2n) is 6.15. The predicted octanol–water partition coefficient (Wildman–Crippen LogP) is 2.52. The van der Waals surface area contributed by atoms with Crippen molar-refractivity contribution in [3.05, 3.63) is 11.9 Å². The first-order chi connectivity index (χ1) is 8.61. The maximum Gasteiger partial charge on any atom is 0.161 e. The topological polar surface area (TPSA) is 53.1 Å². The van der Waals surface area contributed by atoms with E-state index >= 15 is 0 Å². The largest absolute Gasteiger partial charge is 0.493 e. The maximum atomic E-state index is 6.50. The molecular weight excluding hydrogens is 226 g/mol. The van der Waals surface area contributed by atoms with Gasteiger partial charge in [0.1, 0.15) is 0 Å². The van der Waals surface area contributed by atoms with Gasteiger partial charge in [0, 0.05) is 6.04 Å². The number of nitrogens with zero attached hydrogens (tertiary/aromatic N) is 2. The quantitative estimate of drug-likeness (QED) is 0.892. The van der Waals surface area contributed by atoms with Gasteiger partial charge in [0.25, 0.3) is 0 Å². The normalized spacial score (nSPS) is 31.5. The monoisotopic (exact) mass is 249 g/mol. The summed E-state index contributed by atoms with van der Waals surface area (Å²) in [5.74, 6) is 3.37. The maximum absolute atomic E-state index is 6.50. The highest BCUT2D eigenvalue weighted by molar-refractivity contribution is 5.29. The fraction of sp³-hybridized carbons (Fsp3) is 0.786. The van der Waals surface area contributed by atoms with E-state index in [2.05, 4.69) is 18.9 Å². The van der Waals surface area contributed by atoms with Gasteiger partial charge >= 0.3 is 0 Å². The van der Waals surface area contributed by atoms with Gasteiger partial charge in [0.2, 0.25) is 0 Å². The first kappa shape index (κ1) is 12.0. The minimum atomic E-state index is 0.0673. The van der Waals surface area contributed by atoms with Crippen LogP contribution in [0.3, 0.4) is 0 Å². The Balaban J connectivity index is 1.86. The molecule has 1 heterocycles. The number of hydrogen-bond donors (Lipinski definition) is 1. The van der Waals surface area contributed by atoms with Crippen LogP contribution in [-0.4, -0.2) is 16.9 Å². The summed E-state index contributed by atoms with van der Waals surface area (Å²) in [5, 5.41) is 4.42. The average molecular weight is 249 g/mol. The van der Waals surface area contributed by atoms with Crippen molar-refractivity contribution in [3.63, 3.8) is 0 Å². The number of fused-ring (bicyclic) bond motifs is 1. The molecule has 2 fully saturated rings. The summed E-state index contributed by atoms with van der Waals surface area (Å²) in [4.78, 5) is 0. The third-order valence-corrected chi connectivity index (χ3v) is 4.61. The second-order valence-corrected chi connectivity index (χ2v) is 6.15. The molecule has 0 bridgehead atoms. The van der Waals surface area contributed by atoms with Gasteiger partial charge in [-0.15, -0.1) is 0 Å². The van der Waals surface area contributed by atoms with Crippen molar-refractivity contribution < 1.29 is 4.74 Å². The smallest absolute Gasteiger partial charge is 0.161 e. The number of methoxy groups -OCH3 is 1. The van der Waals surface area contributed by atoms with Gasteiger partial charge in [-0.3, -0.25) is 4.68 Å². The van der Waals surface area contributed by atoms with E-state index in [4.69, 9.17) is 10.5 Å². The fourth-order valence-corrected chi connectivity index (χ4v) is 3.52. The van der Waals surface area contributed by atoms with Gasteiger partial charge in [0.15, 0.2) is 5.75 Å². The summed E-state index contributed by atoms with van der Waals surface area (Å²) in [5.41, 5.74) is 7.58. The Labute approximate surface area is 108 Å². The predicted molar refractivity (Wildman–Crippen MR) is 70.4 cm³/mol. The first-order valence-corrected chi connectivity index (χ1v) is 6.98. The Hall–Kier alpha value is -1.03. The van der Waals surface area contributed by atoms with Crippen molar-refractivity contribution in [1.29, 1.82) is 0 Å². The molecule has 1 aromatic heterocycles. The summed E-state index contributed by atoms with van der Waals surface area (Å²) in [7, 11) is 1.70.